The van der Waals surface area contributed by atoms with Crippen molar-refractivity contribution in [3.8, 4) is 0 Å². The summed E-state index contributed by atoms with van der Waals surface area (Å²) in [5.74, 6) is -0.691. The first-order valence-electron chi connectivity index (χ1n) is 10.7. The van der Waals surface area contributed by atoms with Crippen molar-refractivity contribution in [3.05, 3.63) is 38.0 Å². The molecule has 0 atom stereocenters. The highest BCUT2D eigenvalue weighted by molar-refractivity contribution is 7.79. The lowest BCUT2D eigenvalue weighted by atomic mass is 9.93. The number of primary amides is 1. The molecule has 0 saturated carbocycles. The fraction of sp³-hybridized carbons (Fsp3) is 0.609. The Morgan fingerprint density at radius 2 is 1.00 bits per heavy atom. The molecule has 0 spiro atoms. The van der Waals surface area contributed by atoms with E-state index in [0.717, 1.165) is 19.2 Å². The Hall–Kier alpha value is -2.58. The van der Waals surface area contributed by atoms with Crippen LogP contribution in [0.5, 0.6) is 0 Å². The predicted octanol–water partition coefficient (Wildman–Crippen LogP) is 0.758. The third-order valence-electron chi connectivity index (χ3n) is 3.54. The number of rotatable bonds is 11. The molecule has 0 unspecified atom stereocenters. The summed E-state index contributed by atoms with van der Waals surface area (Å²) in [6, 6.07) is 0. The van der Waals surface area contributed by atoms with Gasteiger partial charge >= 0.3 is 10.4 Å². The second kappa shape index (κ2) is 20.6. The van der Waals surface area contributed by atoms with E-state index in [9.17, 15) is 14.4 Å². The first kappa shape index (κ1) is 40.6. The highest BCUT2D eigenvalue weighted by Crippen LogP contribution is 2.14. The molecule has 212 valence electrons. The summed E-state index contributed by atoms with van der Waals surface area (Å²) in [6.45, 7) is 21.6. The van der Waals surface area contributed by atoms with Crippen molar-refractivity contribution in [2.24, 2.45) is 16.6 Å². The van der Waals surface area contributed by atoms with Crippen LogP contribution >= 0.6 is 0 Å². The van der Waals surface area contributed by atoms with Crippen LogP contribution in [0.2, 0.25) is 0 Å². The standard InChI is InChI=1S/2C10H20N2O.C3H5NO.H2O4S/c2*1-6-9(13)11-7-10(2,3)8-12(4)5;1-2-3(4)5;1-5(2,3)4/h2*6H,1,7-8H2,2-5H3,(H,11,13);2H,1H2,(H2,4,5);(H2,1,2,3,4). The molecule has 0 rings (SSSR count). The molecule has 0 radical (unpaired) electrons. The minimum absolute atomic E-state index is 0.0994. The van der Waals surface area contributed by atoms with Crippen molar-refractivity contribution < 1.29 is 31.9 Å². The summed E-state index contributed by atoms with van der Waals surface area (Å²) in [6.07, 6.45) is 3.65. The number of carbonyl (C=O) groups excluding carboxylic acids is 3. The molecule has 13 heteroatoms. The van der Waals surface area contributed by atoms with Crippen LogP contribution in [0.15, 0.2) is 38.0 Å². The normalized spacial score (nSPS) is 10.8. The second-order valence-electron chi connectivity index (χ2n) is 9.70. The van der Waals surface area contributed by atoms with Crippen molar-refractivity contribution in [1.82, 2.24) is 20.4 Å². The van der Waals surface area contributed by atoms with E-state index in [1.807, 2.05) is 28.2 Å². The Morgan fingerprint density at radius 3 is 1.14 bits per heavy atom. The summed E-state index contributed by atoms with van der Waals surface area (Å²) in [7, 11) is 3.43. The van der Waals surface area contributed by atoms with Crippen LogP contribution in [0.25, 0.3) is 0 Å². The molecule has 0 aliphatic rings. The van der Waals surface area contributed by atoms with Gasteiger partial charge in [0.25, 0.3) is 0 Å². The van der Waals surface area contributed by atoms with E-state index in [-0.39, 0.29) is 22.6 Å². The zero-order valence-electron chi connectivity index (χ0n) is 23.0. The first-order chi connectivity index (χ1) is 16.0. The smallest absolute Gasteiger partial charge is 0.366 e. The van der Waals surface area contributed by atoms with Crippen LogP contribution in [0.3, 0.4) is 0 Å². The van der Waals surface area contributed by atoms with Crippen LogP contribution < -0.4 is 16.4 Å². The SMILES string of the molecule is C=CC(=O)NCC(C)(C)CN(C)C.C=CC(=O)NCC(C)(C)CN(C)C.C=CC(N)=O.O=S(=O)(O)O. The van der Waals surface area contributed by atoms with E-state index >= 15 is 0 Å². The Labute approximate surface area is 217 Å². The average Bonchev–Trinajstić information content (AvgIpc) is 2.68. The molecule has 3 amide bonds. The molecule has 0 saturated heterocycles. The number of amides is 3. The van der Waals surface area contributed by atoms with Gasteiger partial charge in [-0.1, -0.05) is 47.4 Å². The zero-order valence-corrected chi connectivity index (χ0v) is 23.8. The fourth-order valence-corrected chi connectivity index (χ4v) is 2.62. The van der Waals surface area contributed by atoms with E-state index in [4.69, 9.17) is 17.5 Å². The summed E-state index contributed by atoms with van der Waals surface area (Å²) >= 11 is 0. The molecule has 12 nitrogen and oxygen atoms in total. The van der Waals surface area contributed by atoms with Gasteiger partial charge < -0.3 is 26.2 Å². The van der Waals surface area contributed by atoms with Gasteiger partial charge in [-0.2, -0.15) is 8.42 Å². The fourth-order valence-electron chi connectivity index (χ4n) is 2.62. The second-order valence-corrected chi connectivity index (χ2v) is 10.6. The highest BCUT2D eigenvalue weighted by atomic mass is 32.3. The summed E-state index contributed by atoms with van der Waals surface area (Å²) in [4.78, 5) is 35.5. The largest absolute Gasteiger partial charge is 0.394 e. The first-order valence-corrected chi connectivity index (χ1v) is 12.1. The van der Waals surface area contributed by atoms with Crippen molar-refractivity contribution in [3.63, 3.8) is 0 Å². The molecular weight excluding hydrogens is 490 g/mol. The van der Waals surface area contributed by atoms with E-state index < -0.39 is 16.3 Å². The number of nitrogens with two attached hydrogens (primary N) is 1. The molecule has 0 aliphatic heterocycles. The number of nitrogens with one attached hydrogen (secondary N) is 2. The Bertz CT molecular complexity index is 743. The molecule has 0 aromatic rings. The number of carbonyl (C=O) groups is 3. The van der Waals surface area contributed by atoms with Gasteiger partial charge in [0.1, 0.15) is 0 Å². The number of hydrogen-bond donors (Lipinski definition) is 5. The van der Waals surface area contributed by atoms with E-state index in [1.54, 1.807) is 0 Å². The Balaban J connectivity index is -0.000000208. The lowest BCUT2D eigenvalue weighted by Gasteiger charge is -2.28. The van der Waals surface area contributed by atoms with Crippen molar-refractivity contribution >= 4 is 28.1 Å². The summed E-state index contributed by atoms with van der Waals surface area (Å²) < 4.78 is 31.6. The quantitative estimate of drug-likeness (QED) is 0.188. The van der Waals surface area contributed by atoms with E-state index in [2.05, 4.69) is 73.6 Å². The third kappa shape index (κ3) is 45.0. The maximum Gasteiger partial charge on any atom is 0.394 e. The maximum absolute atomic E-state index is 10.9. The van der Waals surface area contributed by atoms with Crippen molar-refractivity contribution in [1.29, 1.82) is 0 Å². The molecule has 0 heterocycles. The van der Waals surface area contributed by atoms with Gasteiger partial charge in [-0.3, -0.25) is 23.5 Å². The molecule has 0 aromatic heterocycles. The molecule has 36 heavy (non-hydrogen) atoms. The lowest BCUT2D eigenvalue weighted by molar-refractivity contribution is -0.117. The van der Waals surface area contributed by atoms with Gasteiger partial charge in [-0.25, -0.2) is 0 Å². The van der Waals surface area contributed by atoms with Gasteiger partial charge in [-0.15, -0.1) is 0 Å². The number of hydrogen-bond acceptors (Lipinski definition) is 7. The van der Waals surface area contributed by atoms with E-state index in [1.165, 1.54) is 12.2 Å². The molecule has 0 fully saturated rings. The van der Waals surface area contributed by atoms with Gasteiger partial charge in [-0.05, 0) is 57.2 Å². The van der Waals surface area contributed by atoms with Gasteiger partial charge in [0, 0.05) is 26.2 Å². The lowest BCUT2D eigenvalue weighted by Crippen LogP contribution is -2.39. The minimum Gasteiger partial charge on any atom is -0.366 e. The topological polar surface area (TPSA) is 182 Å². The molecule has 0 aromatic carbocycles. The average molecular weight is 538 g/mol. The third-order valence-corrected chi connectivity index (χ3v) is 3.54. The molecule has 0 bridgehead atoms. The van der Waals surface area contributed by atoms with Gasteiger partial charge in [0.05, 0.1) is 0 Å². The summed E-state index contributed by atoms with van der Waals surface area (Å²) in [5, 5.41) is 5.59. The van der Waals surface area contributed by atoms with Crippen LogP contribution in [-0.4, -0.2) is 99.4 Å². The molecular formula is C23H47N5O7S. The molecule has 6 N–H and O–H groups in total. The number of nitrogens with zero attached hydrogens (tertiary/aromatic N) is 2. The van der Waals surface area contributed by atoms with Gasteiger partial charge in [0.15, 0.2) is 0 Å². The minimum atomic E-state index is -4.67. The van der Waals surface area contributed by atoms with Crippen molar-refractivity contribution in [2.45, 2.75) is 27.7 Å². The van der Waals surface area contributed by atoms with Crippen molar-refractivity contribution in [2.75, 3.05) is 54.4 Å². The van der Waals surface area contributed by atoms with Gasteiger partial charge in [0.2, 0.25) is 17.7 Å². The van der Waals surface area contributed by atoms with Crippen LogP contribution in [0.1, 0.15) is 27.7 Å². The highest BCUT2D eigenvalue weighted by Gasteiger charge is 2.19. The maximum atomic E-state index is 10.9. The Morgan fingerprint density at radius 1 is 0.778 bits per heavy atom. The zero-order chi connectivity index (χ0) is 29.8. The van der Waals surface area contributed by atoms with Crippen LogP contribution in [0.4, 0.5) is 0 Å². The van der Waals surface area contributed by atoms with Crippen LogP contribution in [0, 0.1) is 10.8 Å². The monoisotopic (exact) mass is 537 g/mol. The van der Waals surface area contributed by atoms with E-state index in [0.29, 0.717) is 13.1 Å². The predicted molar refractivity (Wildman–Crippen MR) is 145 cm³/mol. The summed E-state index contributed by atoms with van der Waals surface area (Å²) in [5.41, 5.74) is 4.73. The van der Waals surface area contributed by atoms with Crippen LogP contribution in [-0.2, 0) is 24.8 Å². The Kier molecular flexibility index (Phi) is 23.2. The molecule has 0 aliphatic carbocycles.